The highest BCUT2D eigenvalue weighted by atomic mass is 16.5. The Labute approximate surface area is 242 Å². The van der Waals surface area contributed by atoms with Crippen molar-refractivity contribution in [3.8, 4) is 34.6 Å². The van der Waals surface area contributed by atoms with Gasteiger partial charge in [0.2, 0.25) is 5.88 Å². The monoisotopic (exact) mass is 560 g/mol. The van der Waals surface area contributed by atoms with Gasteiger partial charge in [-0.05, 0) is 52.2 Å². The maximum atomic E-state index is 6.45. The Morgan fingerprint density at radius 3 is 2.29 bits per heavy atom. The molecule has 7 rings (SSSR count). The maximum Gasteiger partial charge on any atom is 0.228 e. The van der Waals surface area contributed by atoms with Gasteiger partial charge in [-0.15, -0.1) is 5.10 Å². The van der Waals surface area contributed by atoms with Crippen LogP contribution in [0, 0.1) is 0 Å². The fourth-order valence-corrected chi connectivity index (χ4v) is 5.76. The zero-order chi connectivity index (χ0) is 28.8. The van der Waals surface area contributed by atoms with Crippen LogP contribution in [0.5, 0.6) is 34.6 Å². The Hall–Kier alpha value is -5.31. The van der Waals surface area contributed by atoms with Crippen LogP contribution in [-0.4, -0.2) is 48.0 Å². The Morgan fingerprint density at radius 2 is 1.50 bits per heavy atom. The number of nitrogens with zero attached hydrogens (tertiary/aromatic N) is 4. The van der Waals surface area contributed by atoms with E-state index in [0.29, 0.717) is 46.8 Å². The zero-order valence-electron chi connectivity index (χ0n) is 23.6. The fraction of sp³-hybridized carbons (Fsp3) is 0.182. The van der Waals surface area contributed by atoms with E-state index < -0.39 is 0 Å². The molecule has 0 unspecified atom stereocenters. The van der Waals surface area contributed by atoms with Crippen LogP contribution in [0.4, 0.5) is 0 Å². The van der Waals surface area contributed by atoms with Crippen LogP contribution >= 0.6 is 0 Å². The number of aromatic nitrogens is 4. The molecule has 1 aliphatic heterocycles. The molecule has 3 heterocycles. The van der Waals surface area contributed by atoms with Crippen molar-refractivity contribution in [2.75, 3.05) is 28.4 Å². The highest BCUT2D eigenvalue weighted by Gasteiger charge is 2.35. The Bertz CT molecular complexity index is 1970. The number of hydrogen-bond donors (Lipinski definition) is 0. The smallest absolute Gasteiger partial charge is 0.228 e. The molecule has 0 N–H and O–H groups in total. The van der Waals surface area contributed by atoms with Crippen molar-refractivity contribution in [2.45, 2.75) is 12.3 Å². The topological polar surface area (TPSA) is 89.2 Å². The van der Waals surface area contributed by atoms with Gasteiger partial charge in [-0.2, -0.15) is 0 Å². The van der Waals surface area contributed by atoms with Crippen LogP contribution in [0.25, 0.3) is 16.4 Å². The predicted molar refractivity (Wildman–Crippen MR) is 158 cm³/mol. The van der Waals surface area contributed by atoms with E-state index in [2.05, 4.69) is 24.3 Å². The molecule has 42 heavy (non-hydrogen) atoms. The summed E-state index contributed by atoms with van der Waals surface area (Å²) in [4.78, 5) is 9.72. The molecular weight excluding hydrogens is 532 g/mol. The van der Waals surface area contributed by atoms with Gasteiger partial charge in [-0.1, -0.05) is 42.5 Å². The van der Waals surface area contributed by atoms with Crippen molar-refractivity contribution in [1.82, 2.24) is 19.6 Å². The molecule has 1 aliphatic rings. The number of rotatable bonds is 7. The van der Waals surface area contributed by atoms with Crippen molar-refractivity contribution in [3.05, 3.63) is 107 Å². The minimum atomic E-state index is -0.260. The van der Waals surface area contributed by atoms with Gasteiger partial charge in [0.1, 0.15) is 12.1 Å². The first kappa shape index (κ1) is 25.6. The minimum absolute atomic E-state index is 0.260. The summed E-state index contributed by atoms with van der Waals surface area (Å²) in [6.45, 7) is 0. The number of fused-ring (bicyclic) bond motifs is 6. The average Bonchev–Trinajstić information content (AvgIpc) is 3.45. The van der Waals surface area contributed by atoms with Crippen LogP contribution in [0.1, 0.15) is 34.0 Å². The number of methoxy groups -OCH3 is 4. The van der Waals surface area contributed by atoms with Crippen molar-refractivity contribution in [1.29, 1.82) is 0 Å². The summed E-state index contributed by atoms with van der Waals surface area (Å²) in [5.74, 6) is 4.25. The second kappa shape index (κ2) is 10.3. The molecule has 0 aliphatic carbocycles. The molecule has 9 heteroatoms. The van der Waals surface area contributed by atoms with Crippen molar-refractivity contribution in [2.24, 2.45) is 0 Å². The molecule has 0 fully saturated rings. The third-order valence-electron chi connectivity index (χ3n) is 7.70. The van der Waals surface area contributed by atoms with Crippen molar-refractivity contribution < 1.29 is 23.7 Å². The maximum absolute atomic E-state index is 6.45. The molecular formula is C33H28N4O5. The first-order chi connectivity index (χ1) is 20.6. The molecule has 0 amide bonds. The van der Waals surface area contributed by atoms with Gasteiger partial charge in [0, 0.05) is 17.9 Å². The van der Waals surface area contributed by atoms with Gasteiger partial charge in [-0.3, -0.25) is 0 Å². The van der Waals surface area contributed by atoms with Gasteiger partial charge in [0.05, 0.1) is 34.0 Å². The lowest BCUT2D eigenvalue weighted by Crippen LogP contribution is -2.15. The van der Waals surface area contributed by atoms with Crippen LogP contribution in [0.3, 0.4) is 0 Å². The molecule has 1 atom stereocenters. The van der Waals surface area contributed by atoms with Gasteiger partial charge >= 0.3 is 0 Å². The molecule has 0 bridgehead atoms. The van der Waals surface area contributed by atoms with Gasteiger partial charge in [0.25, 0.3) is 0 Å². The lowest BCUT2D eigenvalue weighted by Gasteiger charge is -2.29. The third-order valence-corrected chi connectivity index (χ3v) is 7.70. The van der Waals surface area contributed by atoms with Gasteiger partial charge in [-0.25, -0.2) is 14.5 Å². The fourth-order valence-electron chi connectivity index (χ4n) is 5.76. The predicted octanol–water partition coefficient (Wildman–Crippen LogP) is 6.19. The Balaban J connectivity index is 1.43. The number of benzene rings is 4. The van der Waals surface area contributed by atoms with E-state index in [4.69, 9.17) is 38.8 Å². The molecule has 4 aromatic carbocycles. The van der Waals surface area contributed by atoms with Crippen molar-refractivity contribution >= 4 is 16.4 Å². The zero-order valence-corrected chi connectivity index (χ0v) is 23.6. The van der Waals surface area contributed by atoms with E-state index >= 15 is 0 Å². The summed E-state index contributed by atoms with van der Waals surface area (Å²) in [5, 5.41) is 7.00. The van der Waals surface area contributed by atoms with E-state index in [-0.39, 0.29) is 5.92 Å². The van der Waals surface area contributed by atoms with E-state index in [1.54, 1.807) is 39.3 Å². The second-order valence-corrected chi connectivity index (χ2v) is 9.97. The third kappa shape index (κ3) is 4.13. The van der Waals surface area contributed by atoms with E-state index in [0.717, 1.165) is 38.8 Å². The summed E-state index contributed by atoms with van der Waals surface area (Å²) >= 11 is 0. The summed E-state index contributed by atoms with van der Waals surface area (Å²) in [5.41, 5.74) is 4.53. The molecule has 0 saturated heterocycles. The Kier molecular flexibility index (Phi) is 6.27. The van der Waals surface area contributed by atoms with Crippen LogP contribution in [0.15, 0.2) is 79.1 Å². The summed E-state index contributed by atoms with van der Waals surface area (Å²) in [6.07, 6.45) is 2.15. The van der Waals surface area contributed by atoms with Gasteiger partial charge < -0.3 is 23.7 Å². The molecule has 0 spiro atoms. The van der Waals surface area contributed by atoms with E-state index in [1.165, 1.54) is 0 Å². The molecule has 2 aromatic heterocycles. The average molecular weight is 561 g/mol. The first-order valence-corrected chi connectivity index (χ1v) is 13.5. The molecule has 9 nitrogen and oxygen atoms in total. The Morgan fingerprint density at radius 1 is 0.762 bits per heavy atom. The van der Waals surface area contributed by atoms with Crippen LogP contribution in [-0.2, 0) is 6.42 Å². The minimum Gasteiger partial charge on any atom is -0.493 e. The summed E-state index contributed by atoms with van der Waals surface area (Å²) in [6, 6.07) is 24.2. The quantitative estimate of drug-likeness (QED) is 0.228. The summed E-state index contributed by atoms with van der Waals surface area (Å²) in [7, 11) is 6.52. The lowest BCUT2D eigenvalue weighted by atomic mass is 9.81. The normalized spacial score (nSPS) is 13.8. The van der Waals surface area contributed by atoms with Gasteiger partial charge in [0.15, 0.2) is 34.5 Å². The number of ether oxygens (including phenoxy) is 5. The van der Waals surface area contributed by atoms with Crippen LogP contribution < -0.4 is 23.7 Å². The highest BCUT2D eigenvalue weighted by Crippen LogP contribution is 2.51. The number of hydrogen-bond acceptors (Lipinski definition) is 8. The summed E-state index contributed by atoms with van der Waals surface area (Å²) < 4.78 is 30.3. The van der Waals surface area contributed by atoms with Crippen LogP contribution in [0.2, 0.25) is 0 Å². The SMILES string of the molecule is COc1ccc(Cc2nc3c4c(ncn3n2)Oc2ccc3ccccc3c2[C@@H]4c2ccc(OC)c(OC)c2)cc1OC. The standard InChI is InChI=1S/C33H28N4O5/c1-38-23-12-9-19(15-26(23)40-3)16-28-35-32-31-29(21-11-13-24(39-2)27(17-21)41-4)30-22-8-6-5-7-20(22)10-14-25(30)42-33(31)34-18-37(32)36-28/h5-15,17-18,29H,16H2,1-4H3/t29-/m0/s1. The van der Waals surface area contributed by atoms with Crippen molar-refractivity contribution in [3.63, 3.8) is 0 Å². The molecule has 210 valence electrons. The highest BCUT2D eigenvalue weighted by molar-refractivity contribution is 5.91. The second-order valence-electron chi connectivity index (χ2n) is 9.97. The lowest BCUT2D eigenvalue weighted by molar-refractivity contribution is 0.354. The molecule has 0 saturated carbocycles. The molecule has 6 aromatic rings. The largest absolute Gasteiger partial charge is 0.493 e. The van der Waals surface area contributed by atoms with E-state index in [1.807, 2.05) is 48.5 Å². The molecule has 0 radical (unpaired) electrons. The van der Waals surface area contributed by atoms with E-state index in [9.17, 15) is 0 Å². The first-order valence-electron chi connectivity index (χ1n) is 13.5.